The van der Waals surface area contributed by atoms with Crippen molar-refractivity contribution in [1.82, 2.24) is 4.98 Å². The summed E-state index contributed by atoms with van der Waals surface area (Å²) >= 11 is 0. The molecule has 0 bridgehead atoms. The van der Waals surface area contributed by atoms with Crippen LogP contribution in [0.15, 0.2) is 60.9 Å². The van der Waals surface area contributed by atoms with Gasteiger partial charge in [-0.25, -0.2) is 0 Å². The van der Waals surface area contributed by atoms with E-state index in [0.29, 0.717) is 18.8 Å². The van der Waals surface area contributed by atoms with Crippen LogP contribution >= 0.6 is 0 Å². The molecular formula is C18H20FNO2. The predicted octanol–water partition coefficient (Wildman–Crippen LogP) is 4.15. The molecule has 0 spiro atoms. The van der Waals surface area contributed by atoms with Crippen molar-refractivity contribution in [2.45, 2.75) is 25.9 Å². The summed E-state index contributed by atoms with van der Waals surface area (Å²) in [5, 5.41) is 0. The first kappa shape index (κ1) is 16.0. The fourth-order valence-corrected chi connectivity index (χ4v) is 2.11. The van der Waals surface area contributed by atoms with Crippen molar-refractivity contribution in [2.24, 2.45) is 0 Å². The summed E-state index contributed by atoms with van der Waals surface area (Å²) < 4.78 is 24.4. The summed E-state index contributed by atoms with van der Waals surface area (Å²) in [5.41, 5.74) is 1.20. The van der Waals surface area contributed by atoms with Gasteiger partial charge in [0.2, 0.25) is 11.8 Å². The summed E-state index contributed by atoms with van der Waals surface area (Å²) in [7, 11) is 0. The van der Waals surface area contributed by atoms with Gasteiger partial charge in [0.1, 0.15) is 5.76 Å². The maximum absolute atomic E-state index is 13.2. The van der Waals surface area contributed by atoms with Crippen LogP contribution in [0.25, 0.3) is 0 Å². The highest BCUT2D eigenvalue weighted by atomic mass is 19.1. The van der Waals surface area contributed by atoms with Gasteiger partial charge >= 0.3 is 0 Å². The zero-order valence-corrected chi connectivity index (χ0v) is 12.7. The van der Waals surface area contributed by atoms with Crippen LogP contribution in [0.2, 0.25) is 0 Å². The lowest BCUT2D eigenvalue weighted by atomic mass is 10.1. The third-order valence-electron chi connectivity index (χ3n) is 3.18. The summed E-state index contributed by atoms with van der Waals surface area (Å²) in [6.45, 7) is 6.31. The molecule has 0 aliphatic heterocycles. The van der Waals surface area contributed by atoms with Crippen molar-refractivity contribution in [3.8, 4) is 5.88 Å². The van der Waals surface area contributed by atoms with E-state index in [-0.39, 0.29) is 12.0 Å². The van der Waals surface area contributed by atoms with E-state index in [4.69, 9.17) is 9.47 Å². The lowest BCUT2D eigenvalue weighted by molar-refractivity contribution is 0.115. The first-order chi connectivity index (χ1) is 10.7. The number of benzene rings is 1. The predicted molar refractivity (Wildman–Crippen MR) is 84.1 cm³/mol. The standard InChI is InChI=1S/C18H20FNO2/c1-3-21-14(2)16(13-12-15-8-5-4-6-9-15)22-18-11-7-10-17(19)20-18/h4-11,16H,2-3,12-13H2,1H3/t16-/m0/s1. The number of aryl methyl sites for hydroxylation is 1. The molecule has 1 aromatic heterocycles. The number of ether oxygens (including phenoxy) is 2. The molecule has 22 heavy (non-hydrogen) atoms. The zero-order valence-electron chi connectivity index (χ0n) is 12.7. The molecular weight excluding hydrogens is 281 g/mol. The number of halogens is 1. The molecule has 0 unspecified atom stereocenters. The summed E-state index contributed by atoms with van der Waals surface area (Å²) in [5.74, 6) is 0.199. The average Bonchev–Trinajstić information content (AvgIpc) is 2.52. The number of pyridine rings is 1. The minimum Gasteiger partial charge on any atom is -0.495 e. The molecule has 2 rings (SSSR count). The molecule has 0 aliphatic carbocycles. The molecule has 3 nitrogen and oxygen atoms in total. The molecule has 0 radical (unpaired) electrons. The zero-order chi connectivity index (χ0) is 15.8. The maximum Gasteiger partial charge on any atom is 0.216 e. The average molecular weight is 301 g/mol. The van der Waals surface area contributed by atoms with Crippen molar-refractivity contribution >= 4 is 0 Å². The molecule has 0 aliphatic rings. The first-order valence-corrected chi connectivity index (χ1v) is 7.33. The van der Waals surface area contributed by atoms with Gasteiger partial charge < -0.3 is 9.47 Å². The largest absolute Gasteiger partial charge is 0.495 e. The molecule has 4 heteroatoms. The smallest absolute Gasteiger partial charge is 0.216 e. The van der Waals surface area contributed by atoms with E-state index in [0.717, 1.165) is 6.42 Å². The lowest BCUT2D eigenvalue weighted by Crippen LogP contribution is -2.22. The van der Waals surface area contributed by atoms with E-state index in [1.807, 2.05) is 25.1 Å². The van der Waals surface area contributed by atoms with E-state index in [9.17, 15) is 4.39 Å². The van der Waals surface area contributed by atoms with Crippen LogP contribution in [0.1, 0.15) is 18.9 Å². The van der Waals surface area contributed by atoms with Crippen molar-refractivity contribution in [1.29, 1.82) is 0 Å². The van der Waals surface area contributed by atoms with E-state index in [2.05, 4.69) is 23.7 Å². The Kier molecular flexibility index (Phi) is 5.95. The minimum absolute atomic E-state index is 0.235. The van der Waals surface area contributed by atoms with Crippen molar-refractivity contribution in [3.63, 3.8) is 0 Å². The molecule has 0 N–H and O–H groups in total. The third-order valence-corrected chi connectivity index (χ3v) is 3.18. The van der Waals surface area contributed by atoms with Gasteiger partial charge in [-0.2, -0.15) is 9.37 Å². The highest BCUT2D eigenvalue weighted by molar-refractivity contribution is 5.16. The number of hydrogen-bond donors (Lipinski definition) is 0. The monoisotopic (exact) mass is 301 g/mol. The Morgan fingerprint density at radius 3 is 2.64 bits per heavy atom. The number of aromatic nitrogens is 1. The van der Waals surface area contributed by atoms with Gasteiger partial charge in [0.15, 0.2) is 6.10 Å². The van der Waals surface area contributed by atoms with Crippen LogP contribution in [0.3, 0.4) is 0 Å². The van der Waals surface area contributed by atoms with Gasteiger partial charge in [0.25, 0.3) is 0 Å². The maximum atomic E-state index is 13.2. The van der Waals surface area contributed by atoms with Crippen LogP contribution in [0.4, 0.5) is 4.39 Å². The molecule has 0 amide bonds. The van der Waals surface area contributed by atoms with Gasteiger partial charge in [0.05, 0.1) is 6.61 Å². The number of rotatable bonds is 8. The van der Waals surface area contributed by atoms with Gasteiger partial charge in [-0.1, -0.05) is 43.0 Å². The van der Waals surface area contributed by atoms with Crippen LogP contribution in [-0.4, -0.2) is 17.7 Å². The summed E-state index contributed by atoms with van der Waals surface area (Å²) in [4.78, 5) is 3.72. The first-order valence-electron chi connectivity index (χ1n) is 7.33. The van der Waals surface area contributed by atoms with E-state index >= 15 is 0 Å². The number of nitrogens with zero attached hydrogens (tertiary/aromatic N) is 1. The Bertz CT molecular complexity index is 601. The number of hydrogen-bond acceptors (Lipinski definition) is 3. The van der Waals surface area contributed by atoms with E-state index in [1.165, 1.54) is 11.6 Å². The topological polar surface area (TPSA) is 31.4 Å². The molecule has 1 aromatic carbocycles. The minimum atomic E-state index is -0.568. The Labute approximate surface area is 130 Å². The van der Waals surface area contributed by atoms with Crippen molar-refractivity contribution in [3.05, 3.63) is 72.4 Å². The van der Waals surface area contributed by atoms with Gasteiger partial charge in [0, 0.05) is 6.07 Å². The molecule has 1 heterocycles. The normalized spacial score (nSPS) is 11.7. The third kappa shape index (κ3) is 4.88. The molecule has 0 saturated carbocycles. The van der Waals surface area contributed by atoms with Crippen molar-refractivity contribution < 1.29 is 13.9 Å². The van der Waals surface area contributed by atoms with Crippen LogP contribution in [0.5, 0.6) is 5.88 Å². The van der Waals surface area contributed by atoms with Crippen LogP contribution in [0, 0.1) is 5.95 Å². The molecule has 0 saturated heterocycles. The van der Waals surface area contributed by atoms with Crippen molar-refractivity contribution in [2.75, 3.05) is 6.61 Å². The summed E-state index contributed by atoms with van der Waals surface area (Å²) in [6, 6.07) is 14.6. The van der Waals surface area contributed by atoms with Crippen LogP contribution < -0.4 is 4.74 Å². The van der Waals surface area contributed by atoms with E-state index in [1.54, 1.807) is 12.1 Å². The SMILES string of the molecule is C=C(OCC)[C@H](CCc1ccccc1)Oc1cccc(F)n1. The second-order valence-electron chi connectivity index (χ2n) is 4.83. The highest BCUT2D eigenvalue weighted by Gasteiger charge is 2.17. The van der Waals surface area contributed by atoms with Gasteiger partial charge in [-0.3, -0.25) is 0 Å². The molecule has 0 fully saturated rings. The lowest BCUT2D eigenvalue weighted by Gasteiger charge is -2.20. The quantitative estimate of drug-likeness (QED) is 0.542. The molecule has 1 atom stereocenters. The Morgan fingerprint density at radius 1 is 1.18 bits per heavy atom. The highest BCUT2D eigenvalue weighted by Crippen LogP contribution is 2.18. The fourth-order valence-electron chi connectivity index (χ4n) is 2.11. The fraction of sp³-hybridized carbons (Fsp3) is 0.278. The Hall–Kier alpha value is -2.36. The Morgan fingerprint density at radius 2 is 1.95 bits per heavy atom. The van der Waals surface area contributed by atoms with E-state index < -0.39 is 5.95 Å². The second-order valence-corrected chi connectivity index (χ2v) is 4.83. The van der Waals surface area contributed by atoms with Gasteiger partial charge in [-0.05, 0) is 31.4 Å². The Balaban J connectivity index is 2.04. The molecule has 2 aromatic rings. The van der Waals surface area contributed by atoms with Crippen LogP contribution in [-0.2, 0) is 11.2 Å². The summed E-state index contributed by atoms with van der Waals surface area (Å²) in [6.07, 6.45) is 1.13. The second kappa shape index (κ2) is 8.17. The molecule has 116 valence electrons. The van der Waals surface area contributed by atoms with Gasteiger partial charge in [-0.15, -0.1) is 0 Å².